The predicted molar refractivity (Wildman–Crippen MR) is 61.4 cm³/mol. The van der Waals surface area contributed by atoms with Gasteiger partial charge in [-0.05, 0) is 12.8 Å². The minimum absolute atomic E-state index is 0.0176. The van der Waals surface area contributed by atoms with Crippen molar-refractivity contribution in [2.45, 2.75) is 32.2 Å². The lowest BCUT2D eigenvalue weighted by molar-refractivity contribution is -0.133. The zero-order valence-electron chi connectivity index (χ0n) is 9.48. The van der Waals surface area contributed by atoms with Crippen LogP contribution < -0.4 is 5.73 Å². The number of aliphatic hydroxyl groups excluding tert-OH is 1. The van der Waals surface area contributed by atoms with Crippen molar-refractivity contribution >= 4 is 5.91 Å². The van der Waals surface area contributed by atoms with Crippen LogP contribution in [0.4, 0.5) is 0 Å². The number of carbonyl (C=O) groups excluding carboxylic acids is 1. The fourth-order valence-corrected chi connectivity index (χ4v) is 1.32. The Kier molecular flexibility index (Phi) is 7.95. The van der Waals surface area contributed by atoms with Crippen molar-refractivity contribution in [3.63, 3.8) is 0 Å². The highest BCUT2D eigenvalue weighted by Crippen LogP contribution is 2.00. The summed E-state index contributed by atoms with van der Waals surface area (Å²) in [6.45, 7) is 6.63. The van der Waals surface area contributed by atoms with E-state index >= 15 is 0 Å². The van der Waals surface area contributed by atoms with Crippen LogP contribution >= 0.6 is 0 Å². The van der Waals surface area contributed by atoms with Gasteiger partial charge in [0.2, 0.25) is 5.91 Å². The van der Waals surface area contributed by atoms with Crippen molar-refractivity contribution in [2.75, 3.05) is 19.7 Å². The van der Waals surface area contributed by atoms with E-state index in [1.54, 1.807) is 11.0 Å². The van der Waals surface area contributed by atoms with Crippen LogP contribution in [0.15, 0.2) is 12.7 Å². The molecule has 0 aliphatic rings. The van der Waals surface area contributed by atoms with Gasteiger partial charge in [-0.3, -0.25) is 4.79 Å². The molecule has 0 aromatic heterocycles. The molecule has 0 saturated heterocycles. The molecule has 0 aromatic rings. The molecule has 0 aliphatic carbocycles. The molecule has 88 valence electrons. The van der Waals surface area contributed by atoms with Gasteiger partial charge in [0.1, 0.15) is 0 Å². The fourth-order valence-electron chi connectivity index (χ4n) is 1.32. The van der Waals surface area contributed by atoms with E-state index in [0.717, 1.165) is 12.8 Å². The molecule has 15 heavy (non-hydrogen) atoms. The monoisotopic (exact) mass is 214 g/mol. The first-order valence-electron chi connectivity index (χ1n) is 5.43. The first-order chi connectivity index (χ1) is 7.17. The maximum Gasteiger partial charge on any atom is 0.239 e. The second kappa shape index (κ2) is 8.44. The van der Waals surface area contributed by atoms with E-state index < -0.39 is 6.04 Å². The number of aliphatic hydroxyl groups is 1. The molecule has 0 spiro atoms. The molecule has 0 aliphatic heterocycles. The molecule has 4 nitrogen and oxygen atoms in total. The molecular formula is C11H22N2O2. The minimum Gasteiger partial charge on any atom is -0.395 e. The van der Waals surface area contributed by atoms with Crippen LogP contribution in [0.1, 0.15) is 26.2 Å². The van der Waals surface area contributed by atoms with Crippen LogP contribution in [0.2, 0.25) is 0 Å². The largest absolute Gasteiger partial charge is 0.395 e. The summed E-state index contributed by atoms with van der Waals surface area (Å²) in [5, 5.41) is 8.84. The smallest absolute Gasteiger partial charge is 0.239 e. The Morgan fingerprint density at radius 2 is 2.27 bits per heavy atom. The summed E-state index contributed by atoms with van der Waals surface area (Å²) >= 11 is 0. The molecule has 0 saturated carbocycles. The standard InChI is InChI=1S/C11H22N2O2/c1-3-5-7-13(8-9-14)11(15)10(12)6-4-2/h4,10,14H,2-3,5-9,12H2,1H3. The Hall–Kier alpha value is -0.870. The highest BCUT2D eigenvalue weighted by Gasteiger charge is 2.18. The van der Waals surface area contributed by atoms with E-state index in [-0.39, 0.29) is 12.5 Å². The molecule has 4 heteroatoms. The number of nitrogens with zero attached hydrogens (tertiary/aromatic N) is 1. The van der Waals surface area contributed by atoms with Gasteiger partial charge in [-0.1, -0.05) is 19.4 Å². The number of unbranched alkanes of at least 4 members (excludes halogenated alkanes) is 1. The molecule has 1 atom stereocenters. The van der Waals surface area contributed by atoms with Gasteiger partial charge in [0.05, 0.1) is 12.6 Å². The van der Waals surface area contributed by atoms with Crippen LogP contribution in [-0.2, 0) is 4.79 Å². The van der Waals surface area contributed by atoms with Crippen molar-refractivity contribution in [3.05, 3.63) is 12.7 Å². The average molecular weight is 214 g/mol. The van der Waals surface area contributed by atoms with Crippen molar-refractivity contribution < 1.29 is 9.90 Å². The summed E-state index contributed by atoms with van der Waals surface area (Å²) in [6, 6.07) is -0.522. The van der Waals surface area contributed by atoms with Crippen molar-refractivity contribution in [1.82, 2.24) is 4.90 Å². The lowest BCUT2D eigenvalue weighted by atomic mass is 10.2. The zero-order valence-corrected chi connectivity index (χ0v) is 9.48. The molecule has 0 aromatic carbocycles. The Bertz CT molecular complexity index is 195. The van der Waals surface area contributed by atoms with Gasteiger partial charge in [0.25, 0.3) is 0 Å². The lowest BCUT2D eigenvalue weighted by Gasteiger charge is -2.24. The number of rotatable bonds is 8. The topological polar surface area (TPSA) is 66.6 Å². The summed E-state index contributed by atoms with van der Waals surface area (Å²) in [4.78, 5) is 13.4. The first kappa shape index (κ1) is 14.1. The molecule has 0 heterocycles. The summed E-state index contributed by atoms with van der Waals surface area (Å²) in [5.41, 5.74) is 5.69. The van der Waals surface area contributed by atoms with Crippen molar-refractivity contribution in [3.8, 4) is 0 Å². The summed E-state index contributed by atoms with van der Waals surface area (Å²) in [7, 11) is 0. The number of hydrogen-bond acceptors (Lipinski definition) is 3. The van der Waals surface area contributed by atoms with Crippen LogP contribution in [0.5, 0.6) is 0 Å². The third kappa shape index (κ3) is 5.54. The highest BCUT2D eigenvalue weighted by atomic mass is 16.3. The van der Waals surface area contributed by atoms with E-state index in [4.69, 9.17) is 10.8 Å². The molecule has 0 bridgehead atoms. The second-order valence-electron chi connectivity index (χ2n) is 3.53. The number of amides is 1. The van der Waals surface area contributed by atoms with E-state index in [0.29, 0.717) is 19.5 Å². The first-order valence-corrected chi connectivity index (χ1v) is 5.43. The lowest BCUT2D eigenvalue weighted by Crippen LogP contribution is -2.45. The van der Waals surface area contributed by atoms with Crippen molar-refractivity contribution in [1.29, 1.82) is 0 Å². The second-order valence-corrected chi connectivity index (χ2v) is 3.53. The Labute approximate surface area is 91.8 Å². The van der Waals surface area contributed by atoms with Gasteiger partial charge < -0.3 is 15.7 Å². The quantitative estimate of drug-likeness (QED) is 0.579. The minimum atomic E-state index is -0.522. The predicted octanol–water partition coefficient (Wildman–Crippen LogP) is 0.511. The van der Waals surface area contributed by atoms with Crippen molar-refractivity contribution in [2.24, 2.45) is 5.73 Å². The Morgan fingerprint density at radius 1 is 1.60 bits per heavy atom. The van der Waals surface area contributed by atoms with E-state index in [9.17, 15) is 4.79 Å². The van der Waals surface area contributed by atoms with Gasteiger partial charge in [-0.2, -0.15) is 0 Å². The fraction of sp³-hybridized carbons (Fsp3) is 0.727. The van der Waals surface area contributed by atoms with E-state index in [2.05, 4.69) is 13.5 Å². The number of nitrogens with two attached hydrogens (primary N) is 1. The molecule has 0 rings (SSSR count). The molecule has 1 unspecified atom stereocenters. The average Bonchev–Trinajstić information content (AvgIpc) is 2.23. The summed E-state index contributed by atoms with van der Waals surface area (Å²) in [5.74, 6) is -0.0996. The van der Waals surface area contributed by atoms with Gasteiger partial charge in [0, 0.05) is 13.1 Å². The SMILES string of the molecule is C=CCC(N)C(=O)N(CCO)CCCC. The van der Waals surface area contributed by atoms with E-state index in [1.807, 2.05) is 0 Å². The third-order valence-corrected chi connectivity index (χ3v) is 2.20. The van der Waals surface area contributed by atoms with Gasteiger partial charge in [-0.15, -0.1) is 6.58 Å². The maximum absolute atomic E-state index is 11.8. The Balaban J connectivity index is 4.19. The maximum atomic E-state index is 11.8. The number of hydrogen-bond donors (Lipinski definition) is 2. The number of carbonyl (C=O) groups is 1. The van der Waals surface area contributed by atoms with Gasteiger partial charge >= 0.3 is 0 Å². The summed E-state index contributed by atoms with van der Waals surface area (Å²) in [6.07, 6.45) is 4.07. The zero-order chi connectivity index (χ0) is 11.7. The Morgan fingerprint density at radius 3 is 2.73 bits per heavy atom. The summed E-state index contributed by atoms with van der Waals surface area (Å²) < 4.78 is 0. The molecule has 0 fully saturated rings. The van der Waals surface area contributed by atoms with Crippen LogP contribution in [0.3, 0.4) is 0 Å². The molecule has 3 N–H and O–H groups in total. The molecule has 0 radical (unpaired) electrons. The van der Waals surface area contributed by atoms with Gasteiger partial charge in [-0.25, -0.2) is 0 Å². The highest BCUT2D eigenvalue weighted by molar-refractivity contribution is 5.81. The van der Waals surface area contributed by atoms with E-state index in [1.165, 1.54) is 0 Å². The van der Waals surface area contributed by atoms with Gasteiger partial charge in [0.15, 0.2) is 0 Å². The van der Waals surface area contributed by atoms with Crippen LogP contribution in [0.25, 0.3) is 0 Å². The van der Waals surface area contributed by atoms with Crippen LogP contribution in [-0.4, -0.2) is 41.7 Å². The third-order valence-electron chi connectivity index (χ3n) is 2.20. The van der Waals surface area contributed by atoms with Crippen LogP contribution in [0, 0.1) is 0 Å². The molecule has 1 amide bonds. The normalized spacial score (nSPS) is 12.2. The molecular weight excluding hydrogens is 192 g/mol.